The van der Waals surface area contributed by atoms with Gasteiger partial charge in [-0.15, -0.1) is 0 Å². The standard InChI is InChI=1S/C9H8BrN.C5H10O2/c10-6-7-1-2-9-8(5-7)3-4-11-9;1-5(2,3)7-4-6/h1-5,11H,6H2;4H,1-3H3. The molecule has 0 fully saturated rings. The van der Waals surface area contributed by atoms with Crippen LogP contribution in [0, 0.1) is 0 Å². The highest BCUT2D eigenvalue weighted by Gasteiger charge is 2.07. The number of halogens is 1. The Kier molecular flexibility index (Phi) is 5.41. The van der Waals surface area contributed by atoms with E-state index in [0.717, 1.165) is 5.33 Å². The molecule has 1 aromatic carbocycles. The first-order valence-corrected chi connectivity index (χ1v) is 6.82. The van der Waals surface area contributed by atoms with Crippen LogP contribution in [0.3, 0.4) is 0 Å². The molecule has 0 unspecified atom stereocenters. The summed E-state index contributed by atoms with van der Waals surface area (Å²) in [6.45, 7) is 5.92. The third kappa shape index (κ3) is 4.92. The van der Waals surface area contributed by atoms with Gasteiger partial charge in [0.1, 0.15) is 5.60 Å². The lowest BCUT2D eigenvalue weighted by atomic mass is 10.2. The predicted octanol–water partition coefficient (Wildman–Crippen LogP) is 4.02. The van der Waals surface area contributed by atoms with Gasteiger partial charge in [0, 0.05) is 17.0 Å². The van der Waals surface area contributed by atoms with E-state index in [1.54, 1.807) is 0 Å². The summed E-state index contributed by atoms with van der Waals surface area (Å²) in [5.74, 6) is 0. The molecule has 4 heteroatoms. The van der Waals surface area contributed by atoms with Crippen molar-refractivity contribution in [3.05, 3.63) is 36.0 Å². The van der Waals surface area contributed by atoms with Gasteiger partial charge in [-0.1, -0.05) is 22.0 Å². The summed E-state index contributed by atoms with van der Waals surface area (Å²) < 4.78 is 4.55. The summed E-state index contributed by atoms with van der Waals surface area (Å²) in [6.07, 6.45) is 1.96. The van der Waals surface area contributed by atoms with Crippen LogP contribution in [-0.2, 0) is 14.9 Å². The first-order chi connectivity index (χ1) is 8.46. The first kappa shape index (κ1) is 14.8. The van der Waals surface area contributed by atoms with E-state index in [1.165, 1.54) is 16.5 Å². The molecule has 0 aliphatic carbocycles. The quantitative estimate of drug-likeness (QED) is 0.672. The highest BCUT2D eigenvalue weighted by atomic mass is 79.9. The fraction of sp³-hybridized carbons (Fsp3) is 0.357. The van der Waals surface area contributed by atoms with Crippen molar-refractivity contribution in [2.24, 2.45) is 0 Å². The Balaban J connectivity index is 0.000000203. The third-order valence-corrected chi connectivity index (χ3v) is 2.82. The number of H-pyrrole nitrogens is 1. The van der Waals surface area contributed by atoms with Crippen LogP contribution in [-0.4, -0.2) is 17.1 Å². The number of aromatic nitrogens is 1. The van der Waals surface area contributed by atoms with E-state index in [4.69, 9.17) is 0 Å². The van der Waals surface area contributed by atoms with Crippen molar-refractivity contribution in [3.8, 4) is 0 Å². The van der Waals surface area contributed by atoms with Crippen LogP contribution >= 0.6 is 15.9 Å². The van der Waals surface area contributed by atoms with Crippen LogP contribution in [0.2, 0.25) is 0 Å². The Morgan fingerprint density at radius 3 is 2.56 bits per heavy atom. The molecule has 0 atom stereocenters. The predicted molar refractivity (Wildman–Crippen MR) is 77.8 cm³/mol. The maximum Gasteiger partial charge on any atom is 0.293 e. The van der Waals surface area contributed by atoms with E-state index >= 15 is 0 Å². The Bertz CT molecular complexity index is 500. The number of alkyl halides is 1. The molecule has 3 nitrogen and oxygen atoms in total. The second-order valence-electron chi connectivity index (χ2n) is 4.86. The zero-order valence-corrected chi connectivity index (χ0v) is 12.5. The average molecular weight is 312 g/mol. The summed E-state index contributed by atoms with van der Waals surface area (Å²) in [4.78, 5) is 12.8. The number of fused-ring (bicyclic) bond motifs is 1. The molecule has 98 valence electrons. The van der Waals surface area contributed by atoms with Crippen LogP contribution in [0.15, 0.2) is 30.5 Å². The van der Waals surface area contributed by atoms with Gasteiger partial charge in [0.25, 0.3) is 6.47 Å². The number of hydrogen-bond acceptors (Lipinski definition) is 2. The average Bonchev–Trinajstić information content (AvgIpc) is 2.74. The normalized spacial score (nSPS) is 10.7. The zero-order chi connectivity index (χ0) is 13.6. The van der Waals surface area contributed by atoms with Gasteiger partial charge in [0.05, 0.1) is 0 Å². The summed E-state index contributed by atoms with van der Waals surface area (Å²) in [5, 5.41) is 2.20. The van der Waals surface area contributed by atoms with Crippen LogP contribution in [0.5, 0.6) is 0 Å². The molecule has 0 radical (unpaired) electrons. The number of nitrogens with one attached hydrogen (secondary N) is 1. The molecule has 18 heavy (non-hydrogen) atoms. The highest BCUT2D eigenvalue weighted by molar-refractivity contribution is 9.08. The van der Waals surface area contributed by atoms with Gasteiger partial charge in [0.15, 0.2) is 0 Å². The lowest BCUT2D eigenvalue weighted by molar-refractivity contribution is -0.138. The number of carbonyl (C=O) groups is 1. The van der Waals surface area contributed by atoms with Crippen molar-refractivity contribution in [2.45, 2.75) is 31.7 Å². The number of aromatic amines is 1. The molecule has 2 aromatic rings. The highest BCUT2D eigenvalue weighted by Crippen LogP contribution is 2.15. The van der Waals surface area contributed by atoms with Crippen LogP contribution in [0.4, 0.5) is 0 Å². The summed E-state index contributed by atoms with van der Waals surface area (Å²) >= 11 is 3.42. The molecule has 1 N–H and O–H groups in total. The van der Waals surface area contributed by atoms with Crippen molar-refractivity contribution in [2.75, 3.05) is 0 Å². The summed E-state index contributed by atoms with van der Waals surface area (Å²) in [6, 6.07) is 8.49. The molecule has 0 saturated carbocycles. The van der Waals surface area contributed by atoms with Gasteiger partial charge in [-0.2, -0.15) is 0 Å². The van der Waals surface area contributed by atoms with E-state index in [9.17, 15) is 4.79 Å². The van der Waals surface area contributed by atoms with E-state index in [-0.39, 0.29) is 5.60 Å². The second kappa shape index (κ2) is 6.59. The van der Waals surface area contributed by atoms with E-state index in [0.29, 0.717) is 6.47 Å². The van der Waals surface area contributed by atoms with Crippen LogP contribution < -0.4 is 0 Å². The Morgan fingerprint density at radius 1 is 1.33 bits per heavy atom. The lowest BCUT2D eigenvalue weighted by Gasteiger charge is -2.14. The molecule has 0 bridgehead atoms. The second-order valence-corrected chi connectivity index (χ2v) is 5.42. The number of benzene rings is 1. The van der Waals surface area contributed by atoms with Gasteiger partial charge >= 0.3 is 0 Å². The minimum Gasteiger partial charge on any atom is -0.462 e. The Labute approximate surface area is 116 Å². The van der Waals surface area contributed by atoms with Gasteiger partial charge in [-0.05, 0) is 49.9 Å². The SMILES string of the molecule is BrCc1ccc2[nH]ccc2c1.CC(C)(C)OC=O. The van der Waals surface area contributed by atoms with Crippen LogP contribution in [0.1, 0.15) is 26.3 Å². The zero-order valence-electron chi connectivity index (χ0n) is 10.9. The Morgan fingerprint density at radius 2 is 2.06 bits per heavy atom. The van der Waals surface area contributed by atoms with Crippen LogP contribution in [0.25, 0.3) is 10.9 Å². The van der Waals surface area contributed by atoms with E-state index in [1.807, 2.05) is 27.0 Å². The largest absolute Gasteiger partial charge is 0.462 e. The Hall–Kier alpha value is -1.29. The molecular weight excluding hydrogens is 294 g/mol. The van der Waals surface area contributed by atoms with Gasteiger partial charge in [-0.25, -0.2) is 0 Å². The summed E-state index contributed by atoms with van der Waals surface area (Å²) in [5.41, 5.74) is 2.20. The lowest BCUT2D eigenvalue weighted by Crippen LogP contribution is -2.17. The smallest absolute Gasteiger partial charge is 0.293 e. The summed E-state index contributed by atoms with van der Waals surface area (Å²) in [7, 11) is 0. The molecule has 0 aliphatic rings. The van der Waals surface area contributed by atoms with E-state index in [2.05, 4.69) is 49.9 Å². The minimum atomic E-state index is -0.318. The van der Waals surface area contributed by atoms with Gasteiger partial charge < -0.3 is 9.72 Å². The number of rotatable bonds is 2. The van der Waals surface area contributed by atoms with Crippen molar-refractivity contribution < 1.29 is 9.53 Å². The first-order valence-electron chi connectivity index (χ1n) is 5.70. The molecule has 0 aliphatic heterocycles. The van der Waals surface area contributed by atoms with Gasteiger partial charge in [0.2, 0.25) is 0 Å². The van der Waals surface area contributed by atoms with Crippen molar-refractivity contribution in [1.82, 2.24) is 4.98 Å². The topological polar surface area (TPSA) is 42.1 Å². The van der Waals surface area contributed by atoms with Crippen molar-refractivity contribution in [3.63, 3.8) is 0 Å². The molecule has 2 rings (SSSR count). The number of hydrogen-bond donors (Lipinski definition) is 1. The minimum absolute atomic E-state index is 0.318. The monoisotopic (exact) mass is 311 g/mol. The molecule has 0 spiro atoms. The molecular formula is C14H18BrNO2. The van der Waals surface area contributed by atoms with E-state index < -0.39 is 0 Å². The molecule has 1 aromatic heterocycles. The van der Waals surface area contributed by atoms with Gasteiger partial charge in [-0.3, -0.25) is 4.79 Å². The molecule has 1 heterocycles. The maximum atomic E-state index is 9.60. The fourth-order valence-corrected chi connectivity index (χ4v) is 1.68. The van der Waals surface area contributed by atoms with Crippen molar-refractivity contribution in [1.29, 1.82) is 0 Å². The molecule has 0 amide bonds. The number of carbonyl (C=O) groups excluding carboxylic acids is 1. The fourth-order valence-electron chi connectivity index (χ4n) is 1.33. The van der Waals surface area contributed by atoms with Crippen molar-refractivity contribution >= 4 is 33.3 Å². The maximum absolute atomic E-state index is 9.60. The molecule has 0 saturated heterocycles. The third-order valence-electron chi connectivity index (χ3n) is 2.17. The number of ether oxygens (including phenoxy) is 1.